The summed E-state index contributed by atoms with van der Waals surface area (Å²) in [6, 6.07) is 12.8. The van der Waals surface area contributed by atoms with E-state index in [1.165, 1.54) is 4.88 Å². The van der Waals surface area contributed by atoms with Crippen molar-refractivity contribution in [3.05, 3.63) is 46.7 Å². The quantitative estimate of drug-likeness (QED) is 0.662. The van der Waals surface area contributed by atoms with Crippen molar-refractivity contribution < 1.29 is 9.21 Å². The van der Waals surface area contributed by atoms with Crippen molar-refractivity contribution in [3.63, 3.8) is 0 Å². The van der Waals surface area contributed by atoms with Crippen molar-refractivity contribution in [2.45, 2.75) is 43.9 Å². The molecule has 1 amide bonds. The van der Waals surface area contributed by atoms with Crippen molar-refractivity contribution in [2.24, 2.45) is 5.92 Å². The van der Waals surface area contributed by atoms with E-state index in [-0.39, 0.29) is 11.3 Å². The number of piperidine rings is 1. The number of aromatic nitrogens is 1. The van der Waals surface area contributed by atoms with Crippen LogP contribution in [-0.4, -0.2) is 30.5 Å². The standard InChI is InChI=1S/C23H27N3O2S/c27-21(23(11-3-4-12-23)20-8-5-15-29-20)24-16-17-9-13-26(14-10-17)22-25-18-6-1-2-7-19(18)28-22/h1-2,5-8,15,17H,3-4,9-14,16H2,(H,24,27). The lowest BCUT2D eigenvalue weighted by molar-refractivity contribution is -0.126. The lowest BCUT2D eigenvalue weighted by Crippen LogP contribution is -2.45. The Morgan fingerprint density at radius 3 is 2.69 bits per heavy atom. The Kier molecular flexibility index (Phi) is 5.04. The van der Waals surface area contributed by atoms with Gasteiger partial charge < -0.3 is 14.6 Å². The molecule has 0 radical (unpaired) electrons. The molecule has 3 aromatic rings. The molecule has 152 valence electrons. The van der Waals surface area contributed by atoms with Crippen LogP contribution in [0, 0.1) is 5.92 Å². The van der Waals surface area contributed by atoms with Crippen LogP contribution >= 0.6 is 11.3 Å². The highest BCUT2D eigenvalue weighted by molar-refractivity contribution is 7.10. The smallest absolute Gasteiger partial charge is 0.298 e. The molecule has 1 aliphatic heterocycles. The monoisotopic (exact) mass is 409 g/mol. The van der Waals surface area contributed by atoms with E-state index < -0.39 is 0 Å². The van der Waals surface area contributed by atoms with E-state index in [1.807, 2.05) is 24.3 Å². The SMILES string of the molecule is O=C(NCC1CCN(c2nc3ccccc3o2)CC1)C1(c2cccs2)CCCC1. The molecule has 1 aliphatic carbocycles. The molecule has 3 heterocycles. The fourth-order valence-corrected chi connectivity index (χ4v) is 5.83. The molecule has 5 nitrogen and oxygen atoms in total. The van der Waals surface area contributed by atoms with Crippen LogP contribution < -0.4 is 10.2 Å². The maximum absolute atomic E-state index is 13.2. The molecule has 0 atom stereocenters. The molecule has 2 aromatic heterocycles. The van der Waals surface area contributed by atoms with E-state index in [9.17, 15) is 4.79 Å². The van der Waals surface area contributed by atoms with Crippen LogP contribution in [0.3, 0.4) is 0 Å². The molecule has 6 heteroatoms. The maximum atomic E-state index is 13.2. The fourth-order valence-electron chi connectivity index (χ4n) is 4.84. The van der Waals surface area contributed by atoms with E-state index >= 15 is 0 Å². The Morgan fingerprint density at radius 2 is 1.97 bits per heavy atom. The first-order valence-electron chi connectivity index (χ1n) is 10.7. The Labute approximate surface area is 175 Å². The van der Waals surface area contributed by atoms with Crippen LogP contribution in [0.25, 0.3) is 11.1 Å². The number of fused-ring (bicyclic) bond motifs is 1. The summed E-state index contributed by atoms with van der Waals surface area (Å²) in [4.78, 5) is 21.2. The zero-order valence-electron chi connectivity index (χ0n) is 16.6. The molecule has 2 fully saturated rings. The number of hydrogen-bond donors (Lipinski definition) is 1. The van der Waals surface area contributed by atoms with Gasteiger partial charge in [0.2, 0.25) is 5.91 Å². The van der Waals surface area contributed by atoms with Crippen molar-refractivity contribution in [3.8, 4) is 0 Å². The normalized spacial score (nSPS) is 19.7. The average molecular weight is 410 g/mol. The van der Waals surface area contributed by atoms with Gasteiger partial charge in [-0.1, -0.05) is 31.0 Å². The van der Waals surface area contributed by atoms with Crippen molar-refractivity contribution >= 4 is 34.4 Å². The summed E-state index contributed by atoms with van der Waals surface area (Å²) < 4.78 is 5.91. The number of anilines is 1. The number of nitrogens with zero attached hydrogens (tertiary/aromatic N) is 2. The van der Waals surface area contributed by atoms with Crippen molar-refractivity contribution in [2.75, 3.05) is 24.5 Å². The summed E-state index contributed by atoms with van der Waals surface area (Å²) in [6.45, 7) is 2.61. The van der Waals surface area contributed by atoms with E-state index in [2.05, 4.69) is 32.7 Å². The van der Waals surface area contributed by atoms with Gasteiger partial charge in [0.1, 0.15) is 5.52 Å². The second-order valence-corrected chi connectivity index (χ2v) is 9.32. The topological polar surface area (TPSA) is 58.4 Å². The summed E-state index contributed by atoms with van der Waals surface area (Å²) in [5.74, 6) is 0.750. The van der Waals surface area contributed by atoms with Crippen LogP contribution in [0.15, 0.2) is 46.2 Å². The first-order chi connectivity index (χ1) is 14.2. The fraction of sp³-hybridized carbons (Fsp3) is 0.478. The molecule has 29 heavy (non-hydrogen) atoms. The van der Waals surface area contributed by atoms with E-state index in [0.29, 0.717) is 5.92 Å². The number of para-hydroxylation sites is 2. The van der Waals surface area contributed by atoms with Gasteiger partial charge in [0.05, 0.1) is 5.41 Å². The molecule has 0 unspecified atom stereocenters. The maximum Gasteiger partial charge on any atom is 0.298 e. The number of nitrogens with one attached hydrogen (secondary N) is 1. The molecule has 5 rings (SSSR count). The van der Waals surface area contributed by atoms with E-state index in [4.69, 9.17) is 4.42 Å². The zero-order chi connectivity index (χ0) is 19.7. The van der Waals surface area contributed by atoms with Gasteiger partial charge in [-0.3, -0.25) is 4.79 Å². The van der Waals surface area contributed by atoms with Gasteiger partial charge in [-0.15, -0.1) is 11.3 Å². The highest BCUT2D eigenvalue weighted by Gasteiger charge is 2.43. The molecule has 1 N–H and O–H groups in total. The molecule has 0 spiro atoms. The molecule has 1 saturated carbocycles. The number of amides is 1. The number of hydrogen-bond acceptors (Lipinski definition) is 5. The van der Waals surface area contributed by atoms with E-state index in [0.717, 1.165) is 75.3 Å². The van der Waals surface area contributed by atoms with Crippen molar-refractivity contribution in [1.29, 1.82) is 0 Å². The first kappa shape index (κ1) is 18.7. The molecule has 0 bridgehead atoms. The third-order valence-corrected chi connectivity index (χ3v) is 7.68. The van der Waals surface area contributed by atoms with Crippen LogP contribution in [0.2, 0.25) is 0 Å². The van der Waals surface area contributed by atoms with Gasteiger partial charge in [-0.2, -0.15) is 4.98 Å². The van der Waals surface area contributed by atoms with Gasteiger partial charge >= 0.3 is 0 Å². The second kappa shape index (κ2) is 7.82. The minimum absolute atomic E-state index is 0.235. The Bertz CT molecular complexity index is 934. The molecular weight excluding hydrogens is 382 g/mol. The summed E-state index contributed by atoms with van der Waals surface area (Å²) in [7, 11) is 0. The second-order valence-electron chi connectivity index (χ2n) is 8.37. The molecule has 2 aliphatic rings. The minimum atomic E-state index is -0.285. The molecule has 1 saturated heterocycles. The molecule has 1 aromatic carbocycles. The van der Waals surface area contributed by atoms with Gasteiger partial charge in [-0.05, 0) is 55.2 Å². The summed E-state index contributed by atoms with van der Waals surface area (Å²) in [5, 5.41) is 5.40. The highest BCUT2D eigenvalue weighted by atomic mass is 32.1. The van der Waals surface area contributed by atoms with Crippen LogP contribution in [0.4, 0.5) is 6.01 Å². The lowest BCUT2D eigenvalue weighted by Gasteiger charge is -2.32. The highest BCUT2D eigenvalue weighted by Crippen LogP contribution is 2.43. The minimum Gasteiger partial charge on any atom is -0.423 e. The summed E-state index contributed by atoms with van der Waals surface area (Å²) >= 11 is 1.72. The third-order valence-electron chi connectivity index (χ3n) is 6.60. The Balaban J connectivity index is 1.17. The Morgan fingerprint density at radius 1 is 1.17 bits per heavy atom. The number of thiophene rings is 1. The summed E-state index contributed by atoms with van der Waals surface area (Å²) in [6.07, 6.45) is 6.35. The van der Waals surface area contributed by atoms with Crippen molar-refractivity contribution in [1.82, 2.24) is 10.3 Å². The van der Waals surface area contributed by atoms with Gasteiger partial charge in [-0.25, -0.2) is 0 Å². The average Bonchev–Trinajstić information content (AvgIpc) is 3.52. The third kappa shape index (κ3) is 3.54. The first-order valence-corrected chi connectivity index (χ1v) is 11.6. The number of carbonyl (C=O) groups excluding carboxylic acids is 1. The van der Waals surface area contributed by atoms with Crippen LogP contribution in [-0.2, 0) is 10.2 Å². The number of carbonyl (C=O) groups is 1. The lowest BCUT2D eigenvalue weighted by atomic mass is 9.83. The van der Waals surface area contributed by atoms with Gasteiger partial charge in [0.15, 0.2) is 5.58 Å². The predicted molar refractivity (Wildman–Crippen MR) is 116 cm³/mol. The largest absolute Gasteiger partial charge is 0.423 e. The van der Waals surface area contributed by atoms with Gasteiger partial charge in [0.25, 0.3) is 6.01 Å². The predicted octanol–water partition coefficient (Wildman–Crippen LogP) is 4.73. The van der Waals surface area contributed by atoms with Gasteiger partial charge in [0, 0.05) is 24.5 Å². The van der Waals surface area contributed by atoms with Crippen LogP contribution in [0.5, 0.6) is 0 Å². The number of rotatable bonds is 5. The Hall–Kier alpha value is -2.34. The molecular formula is C23H27N3O2S. The number of oxazole rings is 1. The van der Waals surface area contributed by atoms with Crippen LogP contribution in [0.1, 0.15) is 43.4 Å². The summed E-state index contributed by atoms with van der Waals surface area (Å²) in [5.41, 5.74) is 1.47. The zero-order valence-corrected chi connectivity index (χ0v) is 17.4. The van der Waals surface area contributed by atoms with E-state index in [1.54, 1.807) is 11.3 Å². The number of benzene rings is 1.